The molecule has 0 spiro atoms. The van der Waals surface area contributed by atoms with E-state index in [1.807, 2.05) is 13.0 Å². The number of methoxy groups -OCH3 is 2. The molecule has 34 heavy (non-hydrogen) atoms. The first-order valence-electron chi connectivity index (χ1n) is 9.85. The summed E-state index contributed by atoms with van der Waals surface area (Å²) in [4.78, 5) is 42.1. The van der Waals surface area contributed by atoms with E-state index in [1.54, 1.807) is 12.1 Å². The van der Waals surface area contributed by atoms with Crippen molar-refractivity contribution >= 4 is 69.8 Å². The Hall–Kier alpha value is -2.59. The van der Waals surface area contributed by atoms with Gasteiger partial charge in [-0.05, 0) is 48.9 Å². The fraction of sp³-hybridized carbons (Fsp3) is 0.217. The summed E-state index contributed by atoms with van der Waals surface area (Å²) in [5, 5.41) is 3.90. The lowest BCUT2D eigenvalue weighted by atomic mass is 10.1. The number of hydrogen-bond acceptors (Lipinski definition) is 8. The number of nitrogens with one attached hydrogen (secondary N) is 1. The molecule has 178 valence electrons. The molecule has 0 aliphatic rings. The first kappa shape index (κ1) is 26.0. The van der Waals surface area contributed by atoms with Crippen molar-refractivity contribution in [3.05, 3.63) is 73.7 Å². The summed E-state index contributed by atoms with van der Waals surface area (Å²) in [5.41, 5.74) is 2.22. The largest absolute Gasteiger partial charge is 0.465 e. The average molecular weight is 539 g/mol. The number of aryl methyl sites for hydroxylation is 1. The standard InChI is InChI=1S/C23H20Cl2N2O5S2/c1-12-19(10-14-8-15(24)5-7-17(14)25)34-23(26-12)33-11-20(28)27-18-9-13(21(29)31-2)4-6-16(18)22(30)32-3/h4-9H,10-11H2,1-3H3,(H,27,28). The van der Waals surface area contributed by atoms with Crippen LogP contribution in [-0.4, -0.2) is 42.8 Å². The van der Waals surface area contributed by atoms with Gasteiger partial charge in [-0.1, -0.05) is 35.0 Å². The van der Waals surface area contributed by atoms with Crippen molar-refractivity contribution in [1.82, 2.24) is 4.98 Å². The summed E-state index contributed by atoms with van der Waals surface area (Å²) < 4.78 is 10.2. The molecule has 1 heterocycles. The van der Waals surface area contributed by atoms with Crippen molar-refractivity contribution in [2.45, 2.75) is 17.7 Å². The number of amides is 1. The van der Waals surface area contributed by atoms with E-state index in [0.29, 0.717) is 16.5 Å². The number of hydrogen-bond donors (Lipinski definition) is 1. The summed E-state index contributed by atoms with van der Waals surface area (Å²) >= 11 is 15.1. The van der Waals surface area contributed by atoms with Gasteiger partial charge in [-0.15, -0.1) is 11.3 Å². The Bertz CT molecular complexity index is 1250. The highest BCUT2D eigenvalue weighted by Crippen LogP contribution is 2.31. The molecule has 1 aromatic heterocycles. The normalized spacial score (nSPS) is 10.6. The minimum Gasteiger partial charge on any atom is -0.465 e. The molecule has 0 saturated carbocycles. The summed E-state index contributed by atoms with van der Waals surface area (Å²) in [6, 6.07) is 9.52. The zero-order valence-corrected chi connectivity index (χ0v) is 21.6. The van der Waals surface area contributed by atoms with Crippen molar-refractivity contribution in [1.29, 1.82) is 0 Å². The number of carbonyl (C=O) groups excluding carboxylic acids is 3. The van der Waals surface area contributed by atoms with Gasteiger partial charge in [-0.25, -0.2) is 14.6 Å². The Morgan fingerprint density at radius 2 is 1.79 bits per heavy atom. The van der Waals surface area contributed by atoms with Crippen molar-refractivity contribution in [2.24, 2.45) is 0 Å². The van der Waals surface area contributed by atoms with Gasteiger partial charge in [0.25, 0.3) is 0 Å². The van der Waals surface area contributed by atoms with E-state index in [4.69, 9.17) is 32.7 Å². The summed E-state index contributed by atoms with van der Waals surface area (Å²) in [7, 11) is 2.48. The molecule has 7 nitrogen and oxygen atoms in total. The monoisotopic (exact) mass is 538 g/mol. The molecule has 0 aliphatic heterocycles. The first-order chi connectivity index (χ1) is 16.2. The number of aromatic nitrogens is 1. The molecule has 3 aromatic rings. The van der Waals surface area contributed by atoms with Gasteiger partial charge in [-0.3, -0.25) is 4.79 Å². The Labute approximate surface area is 214 Å². The first-order valence-corrected chi connectivity index (χ1v) is 12.4. The number of benzene rings is 2. The summed E-state index contributed by atoms with van der Waals surface area (Å²) in [6.07, 6.45) is 0.582. The Balaban J connectivity index is 1.69. The van der Waals surface area contributed by atoms with Gasteiger partial charge in [-0.2, -0.15) is 0 Å². The van der Waals surface area contributed by atoms with Crippen LogP contribution < -0.4 is 5.32 Å². The van der Waals surface area contributed by atoms with Crippen LogP contribution in [-0.2, 0) is 20.7 Å². The number of anilines is 1. The second-order valence-corrected chi connectivity index (χ2v) is 10.1. The minimum atomic E-state index is -0.640. The van der Waals surface area contributed by atoms with Crippen LogP contribution in [0.25, 0.3) is 0 Å². The maximum atomic E-state index is 12.6. The van der Waals surface area contributed by atoms with Gasteiger partial charge < -0.3 is 14.8 Å². The molecule has 0 bridgehead atoms. The molecule has 11 heteroatoms. The van der Waals surface area contributed by atoms with Crippen LogP contribution in [0.3, 0.4) is 0 Å². The Morgan fingerprint density at radius 3 is 2.50 bits per heavy atom. The maximum Gasteiger partial charge on any atom is 0.339 e. The number of halogens is 2. The lowest BCUT2D eigenvalue weighted by molar-refractivity contribution is -0.113. The van der Waals surface area contributed by atoms with E-state index in [0.717, 1.165) is 20.5 Å². The predicted molar refractivity (Wildman–Crippen MR) is 135 cm³/mol. The predicted octanol–water partition coefficient (Wildman–Crippen LogP) is 5.65. The van der Waals surface area contributed by atoms with Gasteiger partial charge in [0.2, 0.25) is 5.91 Å². The molecule has 0 saturated heterocycles. The number of carbonyl (C=O) groups is 3. The third kappa shape index (κ3) is 6.50. The third-order valence-corrected chi connectivity index (χ3v) is 7.58. The van der Waals surface area contributed by atoms with E-state index in [1.165, 1.54) is 55.5 Å². The highest BCUT2D eigenvalue weighted by molar-refractivity contribution is 8.01. The molecule has 1 N–H and O–H groups in total. The molecular weight excluding hydrogens is 519 g/mol. The van der Waals surface area contributed by atoms with Crippen LogP contribution in [0.15, 0.2) is 40.7 Å². The fourth-order valence-electron chi connectivity index (χ4n) is 2.97. The van der Waals surface area contributed by atoms with Crippen molar-refractivity contribution in [3.63, 3.8) is 0 Å². The van der Waals surface area contributed by atoms with Crippen LogP contribution in [0.5, 0.6) is 0 Å². The molecule has 0 fully saturated rings. The quantitative estimate of drug-likeness (QED) is 0.292. The summed E-state index contributed by atoms with van der Waals surface area (Å²) in [6.45, 7) is 1.90. The number of thioether (sulfide) groups is 1. The number of thiazole rings is 1. The van der Waals surface area contributed by atoms with Gasteiger partial charge in [0.05, 0.1) is 42.5 Å². The Morgan fingerprint density at radius 1 is 1.06 bits per heavy atom. The zero-order valence-electron chi connectivity index (χ0n) is 18.4. The molecule has 0 unspecified atom stereocenters. The fourth-order valence-corrected chi connectivity index (χ4v) is 5.41. The van der Waals surface area contributed by atoms with Gasteiger partial charge in [0.1, 0.15) is 0 Å². The minimum absolute atomic E-state index is 0.0490. The number of nitrogens with zero attached hydrogens (tertiary/aromatic N) is 1. The lowest BCUT2D eigenvalue weighted by Crippen LogP contribution is -2.18. The Kier molecular flexibility index (Phi) is 8.96. The highest BCUT2D eigenvalue weighted by atomic mass is 35.5. The number of ether oxygens (including phenoxy) is 2. The van der Waals surface area contributed by atoms with Gasteiger partial charge in [0, 0.05) is 21.3 Å². The molecule has 3 rings (SSSR count). The van der Waals surface area contributed by atoms with Crippen molar-refractivity contribution < 1.29 is 23.9 Å². The van der Waals surface area contributed by atoms with Crippen LogP contribution in [0, 0.1) is 6.92 Å². The molecule has 2 aromatic carbocycles. The maximum absolute atomic E-state index is 12.6. The van der Waals surface area contributed by atoms with Crippen LogP contribution in [0.2, 0.25) is 10.0 Å². The molecule has 0 radical (unpaired) electrons. The lowest BCUT2D eigenvalue weighted by Gasteiger charge is -2.11. The van der Waals surface area contributed by atoms with Crippen LogP contribution in [0.4, 0.5) is 5.69 Å². The van der Waals surface area contributed by atoms with Crippen molar-refractivity contribution in [3.8, 4) is 0 Å². The summed E-state index contributed by atoms with van der Waals surface area (Å²) in [5.74, 6) is -1.55. The number of rotatable bonds is 8. The van der Waals surface area contributed by atoms with Gasteiger partial charge >= 0.3 is 11.9 Å². The topological polar surface area (TPSA) is 94.6 Å². The van der Waals surface area contributed by atoms with E-state index in [2.05, 4.69) is 10.3 Å². The molecule has 0 aliphatic carbocycles. The second-order valence-electron chi connectivity index (χ2n) is 6.98. The zero-order chi connectivity index (χ0) is 24.8. The molecule has 0 atom stereocenters. The van der Waals surface area contributed by atoms with Gasteiger partial charge in [0.15, 0.2) is 4.34 Å². The average Bonchev–Trinajstić information content (AvgIpc) is 3.18. The highest BCUT2D eigenvalue weighted by Gasteiger charge is 2.18. The number of esters is 2. The van der Waals surface area contributed by atoms with Crippen LogP contribution in [0.1, 0.15) is 36.9 Å². The van der Waals surface area contributed by atoms with E-state index < -0.39 is 11.9 Å². The van der Waals surface area contributed by atoms with E-state index in [9.17, 15) is 14.4 Å². The SMILES string of the molecule is COC(=O)c1ccc(C(=O)OC)c(NC(=O)CSc2nc(C)c(Cc3cc(Cl)ccc3Cl)s2)c1. The second kappa shape index (κ2) is 11.7. The molecular formula is C23H20Cl2N2O5S2. The molecule has 1 amide bonds. The van der Waals surface area contributed by atoms with E-state index >= 15 is 0 Å². The van der Waals surface area contributed by atoms with E-state index in [-0.39, 0.29) is 28.5 Å². The van der Waals surface area contributed by atoms with Crippen molar-refractivity contribution in [2.75, 3.05) is 25.3 Å². The van der Waals surface area contributed by atoms with Crippen LogP contribution >= 0.6 is 46.3 Å². The third-order valence-electron chi connectivity index (χ3n) is 4.68. The smallest absolute Gasteiger partial charge is 0.339 e.